The molecule has 2 rings (SSSR count). The summed E-state index contributed by atoms with van der Waals surface area (Å²) in [7, 11) is 0. The Morgan fingerprint density at radius 3 is 1.42 bits per heavy atom. The maximum atomic E-state index is 5.29. The first-order valence-corrected chi connectivity index (χ1v) is 10.5. The van der Waals surface area contributed by atoms with Crippen LogP contribution < -0.4 is 0 Å². The zero-order valence-corrected chi connectivity index (χ0v) is 17.0. The zero-order chi connectivity index (χ0) is 17.9. The van der Waals surface area contributed by atoms with Crippen LogP contribution >= 0.6 is 0 Å². The van der Waals surface area contributed by atoms with Crippen LogP contribution in [0.1, 0.15) is 66.2 Å². The largest absolute Gasteiger partial charge is 0.379 e. The number of morpholine rings is 2. The topological polar surface area (TPSA) is 24.9 Å². The van der Waals surface area contributed by atoms with Crippen LogP contribution in [0.3, 0.4) is 0 Å². The summed E-state index contributed by atoms with van der Waals surface area (Å²) < 4.78 is 10.5. The fourth-order valence-corrected chi connectivity index (χ4v) is 2.79. The van der Waals surface area contributed by atoms with Crippen molar-refractivity contribution in [2.75, 3.05) is 65.7 Å². The van der Waals surface area contributed by atoms with E-state index in [0.717, 1.165) is 52.6 Å². The Kier molecular flexibility index (Phi) is 19.0. The van der Waals surface area contributed by atoms with Gasteiger partial charge in [-0.2, -0.15) is 0 Å². The van der Waals surface area contributed by atoms with Crippen LogP contribution in [-0.4, -0.2) is 75.5 Å². The lowest BCUT2D eigenvalue weighted by Crippen LogP contribution is -2.36. The van der Waals surface area contributed by atoms with Crippen molar-refractivity contribution in [1.82, 2.24) is 9.80 Å². The number of nitrogens with zero attached hydrogens (tertiary/aromatic N) is 2. The first kappa shape index (κ1) is 23.8. The number of ether oxygens (including phenoxy) is 2. The van der Waals surface area contributed by atoms with Crippen molar-refractivity contribution in [1.29, 1.82) is 0 Å². The van der Waals surface area contributed by atoms with Crippen molar-refractivity contribution >= 4 is 0 Å². The monoisotopic (exact) mass is 344 g/mol. The van der Waals surface area contributed by atoms with Gasteiger partial charge < -0.3 is 9.47 Å². The summed E-state index contributed by atoms with van der Waals surface area (Å²) in [4.78, 5) is 4.99. The molecule has 0 unspecified atom stereocenters. The molecule has 146 valence electrons. The average molecular weight is 345 g/mol. The summed E-state index contributed by atoms with van der Waals surface area (Å²) in [6.07, 6.45) is 8.13. The van der Waals surface area contributed by atoms with Crippen molar-refractivity contribution < 1.29 is 9.47 Å². The fourth-order valence-electron chi connectivity index (χ4n) is 2.79. The smallest absolute Gasteiger partial charge is 0.0594 e. The lowest BCUT2D eigenvalue weighted by molar-refractivity contribution is 0.0371. The van der Waals surface area contributed by atoms with Crippen LogP contribution in [0.2, 0.25) is 0 Å². The summed E-state index contributed by atoms with van der Waals surface area (Å²) in [5, 5.41) is 0. The van der Waals surface area contributed by atoms with Crippen molar-refractivity contribution in [2.24, 2.45) is 0 Å². The SMILES string of the molecule is CC.CCCCCCN1CCOCC1.CCCCN1CCOCC1. The molecule has 0 aromatic carbocycles. The van der Waals surface area contributed by atoms with Crippen LogP contribution in [0.15, 0.2) is 0 Å². The maximum absolute atomic E-state index is 5.29. The first-order chi connectivity index (χ1) is 11.9. The number of hydrogen-bond acceptors (Lipinski definition) is 4. The van der Waals surface area contributed by atoms with E-state index in [2.05, 4.69) is 23.6 Å². The predicted molar refractivity (Wildman–Crippen MR) is 105 cm³/mol. The predicted octanol–water partition coefficient (Wildman–Crippen LogP) is 4.04. The minimum atomic E-state index is 0.934. The van der Waals surface area contributed by atoms with E-state index in [9.17, 15) is 0 Å². The van der Waals surface area contributed by atoms with Gasteiger partial charge >= 0.3 is 0 Å². The van der Waals surface area contributed by atoms with Gasteiger partial charge in [0.1, 0.15) is 0 Å². The van der Waals surface area contributed by atoms with Gasteiger partial charge in [-0.3, -0.25) is 9.80 Å². The Balaban J connectivity index is 0.000000405. The van der Waals surface area contributed by atoms with Gasteiger partial charge in [0.05, 0.1) is 26.4 Å². The second-order valence-electron chi connectivity index (χ2n) is 6.32. The van der Waals surface area contributed by atoms with Crippen LogP contribution in [-0.2, 0) is 9.47 Å². The van der Waals surface area contributed by atoms with Crippen molar-refractivity contribution in [3.63, 3.8) is 0 Å². The molecule has 2 fully saturated rings. The third kappa shape index (κ3) is 14.2. The molecule has 0 spiro atoms. The number of hydrogen-bond donors (Lipinski definition) is 0. The van der Waals surface area contributed by atoms with Gasteiger partial charge in [0.15, 0.2) is 0 Å². The highest BCUT2D eigenvalue weighted by Crippen LogP contribution is 2.03. The minimum Gasteiger partial charge on any atom is -0.379 e. The fraction of sp³-hybridized carbons (Fsp3) is 1.00. The van der Waals surface area contributed by atoms with E-state index < -0.39 is 0 Å². The molecule has 0 N–H and O–H groups in total. The highest BCUT2D eigenvalue weighted by Gasteiger charge is 2.09. The van der Waals surface area contributed by atoms with Gasteiger partial charge in [-0.25, -0.2) is 0 Å². The maximum Gasteiger partial charge on any atom is 0.0594 e. The van der Waals surface area contributed by atoms with Gasteiger partial charge in [0, 0.05) is 26.2 Å². The zero-order valence-electron chi connectivity index (χ0n) is 17.0. The Morgan fingerprint density at radius 2 is 1.00 bits per heavy atom. The number of unbranched alkanes of at least 4 members (excludes halogenated alkanes) is 4. The van der Waals surface area contributed by atoms with Crippen LogP contribution in [0, 0.1) is 0 Å². The summed E-state index contributed by atoms with van der Waals surface area (Å²) in [5.41, 5.74) is 0. The number of rotatable bonds is 8. The molecule has 24 heavy (non-hydrogen) atoms. The minimum absolute atomic E-state index is 0.934. The summed E-state index contributed by atoms with van der Waals surface area (Å²) in [5.74, 6) is 0. The van der Waals surface area contributed by atoms with Gasteiger partial charge in [0.2, 0.25) is 0 Å². The Morgan fingerprint density at radius 1 is 0.583 bits per heavy atom. The molecule has 4 heteroatoms. The second kappa shape index (κ2) is 19.2. The molecule has 0 amide bonds. The lowest BCUT2D eigenvalue weighted by atomic mass is 10.2. The quantitative estimate of drug-likeness (QED) is 0.620. The Bertz CT molecular complexity index is 228. The van der Waals surface area contributed by atoms with Crippen LogP contribution in [0.5, 0.6) is 0 Å². The highest BCUT2D eigenvalue weighted by atomic mass is 16.5. The molecule has 2 aliphatic heterocycles. The van der Waals surface area contributed by atoms with Crippen molar-refractivity contribution in [3.8, 4) is 0 Å². The molecule has 0 aliphatic carbocycles. The van der Waals surface area contributed by atoms with E-state index >= 15 is 0 Å². The van der Waals surface area contributed by atoms with Crippen LogP contribution in [0.25, 0.3) is 0 Å². The van der Waals surface area contributed by atoms with E-state index in [1.165, 1.54) is 51.6 Å². The molecule has 0 radical (unpaired) electrons. The molecular weight excluding hydrogens is 300 g/mol. The van der Waals surface area contributed by atoms with Crippen LogP contribution in [0.4, 0.5) is 0 Å². The molecule has 2 aliphatic rings. The first-order valence-electron chi connectivity index (χ1n) is 10.5. The molecule has 0 bridgehead atoms. The van der Waals surface area contributed by atoms with E-state index in [1.54, 1.807) is 0 Å². The molecule has 0 aromatic heterocycles. The van der Waals surface area contributed by atoms with Crippen molar-refractivity contribution in [3.05, 3.63) is 0 Å². The molecule has 2 saturated heterocycles. The molecule has 2 heterocycles. The molecule has 0 aromatic rings. The van der Waals surface area contributed by atoms with Crippen molar-refractivity contribution in [2.45, 2.75) is 66.2 Å². The third-order valence-corrected chi connectivity index (χ3v) is 4.36. The van der Waals surface area contributed by atoms with Gasteiger partial charge in [0.25, 0.3) is 0 Å². The second-order valence-corrected chi connectivity index (χ2v) is 6.32. The molecular formula is C20H44N2O2. The van der Waals surface area contributed by atoms with Gasteiger partial charge in [-0.05, 0) is 25.9 Å². The standard InChI is InChI=1S/C10H21NO.C8H17NO.C2H6/c1-2-3-4-5-6-11-7-9-12-10-8-11;1-2-3-4-9-5-7-10-8-6-9;1-2/h2-10H2,1H3;2-8H2,1H3;1-2H3. The summed E-state index contributed by atoms with van der Waals surface area (Å²) in [6.45, 7) is 19.4. The lowest BCUT2D eigenvalue weighted by Gasteiger charge is -2.26. The van der Waals surface area contributed by atoms with E-state index in [-0.39, 0.29) is 0 Å². The van der Waals surface area contributed by atoms with E-state index in [1.807, 2.05) is 13.8 Å². The summed E-state index contributed by atoms with van der Waals surface area (Å²) >= 11 is 0. The van der Waals surface area contributed by atoms with E-state index in [0.29, 0.717) is 0 Å². The molecule has 4 nitrogen and oxygen atoms in total. The van der Waals surface area contributed by atoms with Gasteiger partial charge in [-0.15, -0.1) is 0 Å². The normalized spacial score (nSPS) is 19.0. The average Bonchev–Trinajstić information content (AvgIpc) is 2.67. The molecule has 0 saturated carbocycles. The Labute approximate surface area is 151 Å². The Hall–Kier alpha value is -0.160. The third-order valence-electron chi connectivity index (χ3n) is 4.36. The molecule has 0 atom stereocenters. The summed E-state index contributed by atoms with van der Waals surface area (Å²) in [6, 6.07) is 0. The highest BCUT2D eigenvalue weighted by molar-refractivity contribution is 4.61. The van der Waals surface area contributed by atoms with E-state index in [4.69, 9.17) is 9.47 Å². The van der Waals surface area contributed by atoms with Gasteiger partial charge in [-0.1, -0.05) is 53.4 Å².